The van der Waals surface area contributed by atoms with E-state index in [0.717, 1.165) is 10.0 Å². The number of nitrogens with zero attached hydrogens (tertiary/aromatic N) is 1. The largest absolute Gasteiger partial charge is 0.339 e. The quantitative estimate of drug-likeness (QED) is 0.819. The van der Waals surface area contributed by atoms with Crippen molar-refractivity contribution in [2.24, 2.45) is 0 Å². The van der Waals surface area contributed by atoms with Crippen LogP contribution in [0.5, 0.6) is 0 Å². The first-order valence-electron chi connectivity index (χ1n) is 7.93. The number of nitrogens with one attached hydrogen (secondary N) is 1. The zero-order valence-electron chi connectivity index (χ0n) is 14.1. The van der Waals surface area contributed by atoms with Crippen LogP contribution >= 0.6 is 15.9 Å². The number of carbonyl (C=O) groups excluding carboxylic acids is 2. The fourth-order valence-electron chi connectivity index (χ4n) is 2.36. The Hall–Kier alpha value is -2.14. The van der Waals surface area contributed by atoms with E-state index in [1.165, 1.54) is 0 Å². The number of anilines is 1. The number of halogens is 1. The molecule has 2 amide bonds. The Morgan fingerprint density at radius 1 is 1.04 bits per heavy atom. The molecular formula is C19H21BrN2O2. The molecule has 1 N–H and O–H groups in total. The third kappa shape index (κ3) is 4.23. The number of benzene rings is 2. The van der Waals surface area contributed by atoms with Gasteiger partial charge in [-0.05, 0) is 56.7 Å². The summed E-state index contributed by atoms with van der Waals surface area (Å²) < 4.78 is 0.936. The Kier molecular flexibility index (Phi) is 6.15. The van der Waals surface area contributed by atoms with Crippen molar-refractivity contribution in [2.45, 2.75) is 20.8 Å². The van der Waals surface area contributed by atoms with Gasteiger partial charge >= 0.3 is 0 Å². The van der Waals surface area contributed by atoms with Gasteiger partial charge in [0.25, 0.3) is 11.8 Å². The van der Waals surface area contributed by atoms with Crippen molar-refractivity contribution in [3.63, 3.8) is 0 Å². The van der Waals surface area contributed by atoms with Gasteiger partial charge in [0.1, 0.15) is 0 Å². The van der Waals surface area contributed by atoms with Crippen LogP contribution in [0.15, 0.2) is 46.9 Å². The lowest BCUT2D eigenvalue weighted by Gasteiger charge is -2.18. The lowest BCUT2D eigenvalue weighted by atomic mass is 10.1. The van der Waals surface area contributed by atoms with Crippen molar-refractivity contribution in [1.29, 1.82) is 0 Å². The number of carbonyl (C=O) groups is 2. The highest BCUT2D eigenvalue weighted by Gasteiger charge is 2.15. The van der Waals surface area contributed by atoms with Crippen LogP contribution in [-0.4, -0.2) is 29.8 Å². The van der Waals surface area contributed by atoms with E-state index < -0.39 is 0 Å². The minimum atomic E-state index is -0.236. The van der Waals surface area contributed by atoms with Crippen LogP contribution in [0.4, 0.5) is 5.69 Å². The van der Waals surface area contributed by atoms with Gasteiger partial charge in [0, 0.05) is 34.4 Å². The molecule has 0 radical (unpaired) electrons. The number of rotatable bonds is 5. The zero-order valence-corrected chi connectivity index (χ0v) is 15.7. The Morgan fingerprint density at radius 2 is 1.71 bits per heavy atom. The molecule has 0 aromatic heterocycles. The molecule has 0 fully saturated rings. The van der Waals surface area contributed by atoms with Crippen LogP contribution < -0.4 is 5.32 Å². The van der Waals surface area contributed by atoms with E-state index in [4.69, 9.17) is 0 Å². The van der Waals surface area contributed by atoms with Crippen LogP contribution in [0.1, 0.15) is 40.1 Å². The highest BCUT2D eigenvalue weighted by atomic mass is 79.9. The molecule has 0 aliphatic heterocycles. The van der Waals surface area contributed by atoms with Gasteiger partial charge in [0.15, 0.2) is 0 Å². The molecule has 0 aliphatic carbocycles. The number of amides is 2. The van der Waals surface area contributed by atoms with Crippen molar-refractivity contribution in [3.05, 3.63) is 63.6 Å². The highest BCUT2D eigenvalue weighted by molar-refractivity contribution is 9.10. The standard InChI is InChI=1S/C19H21BrN2O2/c1-4-22(5-2)19(24)15-8-6-7-14(11-15)18(23)21-16-10-9-13(3)17(20)12-16/h6-12H,4-5H2,1-3H3,(H,21,23). The number of hydrogen-bond donors (Lipinski definition) is 1. The first kappa shape index (κ1) is 18.2. The summed E-state index contributed by atoms with van der Waals surface area (Å²) in [6.07, 6.45) is 0. The molecular weight excluding hydrogens is 368 g/mol. The van der Waals surface area contributed by atoms with Crippen LogP contribution in [0.3, 0.4) is 0 Å². The Morgan fingerprint density at radius 3 is 2.33 bits per heavy atom. The van der Waals surface area contributed by atoms with Gasteiger partial charge < -0.3 is 10.2 Å². The molecule has 0 saturated carbocycles. The van der Waals surface area contributed by atoms with E-state index in [-0.39, 0.29) is 11.8 Å². The summed E-state index contributed by atoms with van der Waals surface area (Å²) in [6, 6.07) is 12.5. The first-order valence-corrected chi connectivity index (χ1v) is 8.72. The van der Waals surface area contributed by atoms with Crippen LogP contribution in [0.2, 0.25) is 0 Å². The molecule has 2 rings (SSSR count). The maximum absolute atomic E-state index is 12.4. The maximum Gasteiger partial charge on any atom is 0.255 e. The van der Waals surface area contributed by atoms with Crippen LogP contribution in [0, 0.1) is 6.92 Å². The smallest absolute Gasteiger partial charge is 0.255 e. The lowest BCUT2D eigenvalue weighted by Crippen LogP contribution is -2.30. The SMILES string of the molecule is CCN(CC)C(=O)c1cccc(C(=O)Nc2ccc(C)c(Br)c2)c1. The summed E-state index contributed by atoms with van der Waals surface area (Å²) in [4.78, 5) is 26.6. The van der Waals surface area contributed by atoms with Gasteiger partial charge in [-0.15, -0.1) is 0 Å². The highest BCUT2D eigenvalue weighted by Crippen LogP contribution is 2.21. The van der Waals surface area contributed by atoms with E-state index in [9.17, 15) is 9.59 Å². The number of aryl methyl sites for hydroxylation is 1. The van der Waals surface area contributed by atoms with E-state index >= 15 is 0 Å². The molecule has 5 heteroatoms. The molecule has 0 bridgehead atoms. The predicted molar refractivity (Wildman–Crippen MR) is 101 cm³/mol. The molecule has 4 nitrogen and oxygen atoms in total. The minimum Gasteiger partial charge on any atom is -0.339 e. The second-order valence-electron chi connectivity index (χ2n) is 5.48. The molecule has 24 heavy (non-hydrogen) atoms. The minimum absolute atomic E-state index is 0.0623. The Balaban J connectivity index is 2.19. The summed E-state index contributed by atoms with van der Waals surface area (Å²) in [6.45, 7) is 7.14. The molecule has 2 aromatic rings. The van der Waals surface area contributed by atoms with Crippen molar-refractivity contribution in [2.75, 3.05) is 18.4 Å². The average molecular weight is 389 g/mol. The van der Waals surface area contributed by atoms with Gasteiger partial charge in [0.2, 0.25) is 0 Å². The van der Waals surface area contributed by atoms with E-state index in [2.05, 4.69) is 21.2 Å². The molecule has 2 aromatic carbocycles. The summed E-state index contributed by atoms with van der Waals surface area (Å²) in [7, 11) is 0. The molecule has 0 unspecified atom stereocenters. The van der Waals surface area contributed by atoms with Gasteiger partial charge in [-0.1, -0.05) is 28.1 Å². The van der Waals surface area contributed by atoms with Gasteiger partial charge in [-0.25, -0.2) is 0 Å². The summed E-state index contributed by atoms with van der Waals surface area (Å²) in [5.74, 6) is -0.298. The molecule has 0 aliphatic rings. The summed E-state index contributed by atoms with van der Waals surface area (Å²) in [5.41, 5.74) is 2.79. The lowest BCUT2D eigenvalue weighted by molar-refractivity contribution is 0.0773. The fraction of sp³-hybridized carbons (Fsp3) is 0.263. The molecule has 126 valence electrons. The van der Waals surface area contributed by atoms with E-state index in [1.54, 1.807) is 29.2 Å². The molecule has 0 atom stereocenters. The fourth-order valence-corrected chi connectivity index (χ4v) is 2.74. The third-order valence-corrected chi connectivity index (χ3v) is 4.71. The van der Waals surface area contributed by atoms with Crippen molar-refractivity contribution >= 4 is 33.4 Å². The monoisotopic (exact) mass is 388 g/mol. The molecule has 0 spiro atoms. The van der Waals surface area contributed by atoms with Gasteiger partial charge in [-0.2, -0.15) is 0 Å². The summed E-state index contributed by atoms with van der Waals surface area (Å²) >= 11 is 3.45. The Labute approximate surface area is 151 Å². The summed E-state index contributed by atoms with van der Waals surface area (Å²) in [5, 5.41) is 2.86. The van der Waals surface area contributed by atoms with Crippen LogP contribution in [0.25, 0.3) is 0 Å². The van der Waals surface area contributed by atoms with Gasteiger partial charge in [0.05, 0.1) is 0 Å². The van der Waals surface area contributed by atoms with E-state index in [1.807, 2.05) is 39.0 Å². The molecule has 0 heterocycles. The average Bonchev–Trinajstić information content (AvgIpc) is 2.59. The van der Waals surface area contributed by atoms with Crippen molar-refractivity contribution in [1.82, 2.24) is 4.90 Å². The first-order chi connectivity index (χ1) is 11.5. The second kappa shape index (κ2) is 8.11. The van der Waals surface area contributed by atoms with E-state index in [0.29, 0.717) is 29.9 Å². The number of hydrogen-bond acceptors (Lipinski definition) is 2. The van der Waals surface area contributed by atoms with Crippen LogP contribution in [-0.2, 0) is 0 Å². The third-order valence-electron chi connectivity index (χ3n) is 3.85. The topological polar surface area (TPSA) is 49.4 Å². The molecule has 0 saturated heterocycles. The predicted octanol–water partition coefficient (Wildman–Crippen LogP) is 4.49. The zero-order chi connectivity index (χ0) is 17.7. The van der Waals surface area contributed by atoms with Gasteiger partial charge in [-0.3, -0.25) is 9.59 Å². The van der Waals surface area contributed by atoms with Crippen molar-refractivity contribution in [3.8, 4) is 0 Å². The second-order valence-corrected chi connectivity index (χ2v) is 6.33. The van der Waals surface area contributed by atoms with Crippen molar-refractivity contribution < 1.29 is 9.59 Å². The Bertz CT molecular complexity index is 755. The maximum atomic E-state index is 12.4. The normalized spacial score (nSPS) is 10.3.